The van der Waals surface area contributed by atoms with Crippen molar-refractivity contribution >= 4 is 5.65 Å². The first-order valence-electron chi connectivity index (χ1n) is 5.96. The number of pyridine rings is 1. The second-order valence-corrected chi connectivity index (χ2v) is 4.17. The molecule has 0 unspecified atom stereocenters. The van der Waals surface area contributed by atoms with E-state index in [2.05, 4.69) is 17.1 Å². The maximum Gasteiger partial charge on any atom is 0.142 e. The fraction of sp³-hybridized carbons (Fsp3) is 0.133. The number of nitrogens with zero attached hydrogens (tertiary/aromatic N) is 2. The van der Waals surface area contributed by atoms with Crippen LogP contribution in [-0.2, 0) is 18.0 Å². The molecule has 2 aromatic heterocycles. The number of ether oxygens (including phenoxy) is 1. The molecular formula is C15H14N2O. The van der Waals surface area contributed by atoms with Crippen LogP contribution in [-0.4, -0.2) is 9.38 Å². The van der Waals surface area contributed by atoms with Crippen LogP contribution in [0.2, 0.25) is 0 Å². The van der Waals surface area contributed by atoms with E-state index in [1.165, 1.54) is 5.56 Å². The average molecular weight is 238 g/mol. The number of imidazole rings is 1. The Kier molecular flexibility index (Phi) is 3.07. The van der Waals surface area contributed by atoms with Gasteiger partial charge in [0.1, 0.15) is 5.65 Å². The van der Waals surface area contributed by atoms with Crippen LogP contribution < -0.4 is 0 Å². The van der Waals surface area contributed by atoms with Crippen molar-refractivity contribution in [3.05, 3.63) is 72.2 Å². The molecule has 0 aliphatic carbocycles. The lowest BCUT2D eigenvalue weighted by Crippen LogP contribution is -1.97. The Morgan fingerprint density at radius 3 is 2.72 bits per heavy atom. The Balaban J connectivity index is 1.68. The third-order valence-electron chi connectivity index (χ3n) is 2.87. The Morgan fingerprint density at radius 2 is 1.83 bits per heavy atom. The molecule has 0 saturated carbocycles. The van der Waals surface area contributed by atoms with Crippen LogP contribution in [0.3, 0.4) is 0 Å². The van der Waals surface area contributed by atoms with Crippen molar-refractivity contribution in [2.24, 2.45) is 0 Å². The largest absolute Gasteiger partial charge is 0.372 e. The normalized spacial score (nSPS) is 10.9. The van der Waals surface area contributed by atoms with Crippen molar-refractivity contribution in [2.45, 2.75) is 13.2 Å². The second kappa shape index (κ2) is 5.02. The van der Waals surface area contributed by atoms with E-state index in [-0.39, 0.29) is 0 Å². The fourth-order valence-electron chi connectivity index (χ4n) is 1.97. The molecule has 0 saturated heterocycles. The van der Waals surface area contributed by atoms with Crippen LogP contribution in [0.1, 0.15) is 11.1 Å². The Bertz CT molecular complexity index is 631. The van der Waals surface area contributed by atoms with Gasteiger partial charge in [-0.2, -0.15) is 0 Å². The summed E-state index contributed by atoms with van der Waals surface area (Å²) in [6, 6.07) is 14.2. The van der Waals surface area contributed by atoms with Crippen molar-refractivity contribution in [3.8, 4) is 0 Å². The summed E-state index contributed by atoms with van der Waals surface area (Å²) in [6.07, 6.45) is 5.73. The van der Waals surface area contributed by atoms with Gasteiger partial charge in [0, 0.05) is 24.2 Å². The molecule has 0 aliphatic heterocycles. The van der Waals surface area contributed by atoms with Crippen molar-refractivity contribution in [2.75, 3.05) is 0 Å². The van der Waals surface area contributed by atoms with Crippen molar-refractivity contribution in [1.29, 1.82) is 0 Å². The Hall–Kier alpha value is -2.13. The van der Waals surface area contributed by atoms with Crippen LogP contribution in [0.25, 0.3) is 5.65 Å². The number of hydrogen-bond acceptors (Lipinski definition) is 2. The summed E-state index contributed by atoms with van der Waals surface area (Å²) in [4.78, 5) is 4.33. The molecule has 0 spiro atoms. The smallest absolute Gasteiger partial charge is 0.142 e. The standard InChI is InChI=1S/C15H14N2O/c1-2-5-13(6-3-1)11-18-12-14-7-4-9-17-10-8-16-15(14)17/h1-10H,11-12H2. The molecule has 0 aliphatic rings. The van der Waals surface area contributed by atoms with Gasteiger partial charge in [0.05, 0.1) is 13.2 Å². The van der Waals surface area contributed by atoms with Gasteiger partial charge >= 0.3 is 0 Å². The molecule has 0 atom stereocenters. The maximum absolute atomic E-state index is 5.73. The summed E-state index contributed by atoms with van der Waals surface area (Å²) >= 11 is 0. The van der Waals surface area contributed by atoms with E-state index >= 15 is 0 Å². The van der Waals surface area contributed by atoms with Crippen LogP contribution in [0.15, 0.2) is 61.1 Å². The van der Waals surface area contributed by atoms with Crippen LogP contribution in [0, 0.1) is 0 Å². The molecule has 3 aromatic rings. The molecule has 2 heterocycles. The van der Waals surface area contributed by atoms with Gasteiger partial charge in [-0.1, -0.05) is 36.4 Å². The van der Waals surface area contributed by atoms with Gasteiger partial charge in [0.25, 0.3) is 0 Å². The molecule has 0 amide bonds. The Labute approximate surface area is 106 Å². The van der Waals surface area contributed by atoms with E-state index in [0.29, 0.717) is 13.2 Å². The van der Waals surface area contributed by atoms with Gasteiger partial charge in [-0.15, -0.1) is 0 Å². The maximum atomic E-state index is 5.73. The first-order valence-corrected chi connectivity index (χ1v) is 5.96. The van der Waals surface area contributed by atoms with Gasteiger partial charge in [-0.25, -0.2) is 4.98 Å². The summed E-state index contributed by atoms with van der Waals surface area (Å²) in [7, 11) is 0. The molecule has 3 rings (SSSR count). The molecule has 90 valence electrons. The third kappa shape index (κ3) is 2.26. The van der Waals surface area contributed by atoms with Gasteiger partial charge in [0.2, 0.25) is 0 Å². The third-order valence-corrected chi connectivity index (χ3v) is 2.87. The molecule has 0 N–H and O–H groups in total. The van der Waals surface area contributed by atoms with E-state index in [4.69, 9.17) is 4.74 Å². The summed E-state index contributed by atoms with van der Waals surface area (Å²) < 4.78 is 7.73. The molecular weight excluding hydrogens is 224 g/mol. The molecule has 0 fully saturated rings. The molecule has 3 nitrogen and oxygen atoms in total. The highest BCUT2D eigenvalue weighted by Gasteiger charge is 2.02. The average Bonchev–Trinajstić information content (AvgIpc) is 2.89. The van der Waals surface area contributed by atoms with Gasteiger partial charge < -0.3 is 9.14 Å². The zero-order valence-electron chi connectivity index (χ0n) is 9.99. The van der Waals surface area contributed by atoms with E-state index < -0.39 is 0 Å². The minimum Gasteiger partial charge on any atom is -0.372 e. The number of fused-ring (bicyclic) bond motifs is 1. The quantitative estimate of drug-likeness (QED) is 0.698. The van der Waals surface area contributed by atoms with Crippen LogP contribution in [0.4, 0.5) is 0 Å². The van der Waals surface area contributed by atoms with Gasteiger partial charge in [-0.3, -0.25) is 0 Å². The topological polar surface area (TPSA) is 26.5 Å². The number of hydrogen-bond donors (Lipinski definition) is 0. The lowest BCUT2D eigenvalue weighted by molar-refractivity contribution is 0.107. The fourth-order valence-corrected chi connectivity index (χ4v) is 1.97. The van der Waals surface area contributed by atoms with E-state index in [9.17, 15) is 0 Å². The number of aromatic nitrogens is 2. The highest BCUT2D eigenvalue weighted by atomic mass is 16.5. The minimum atomic E-state index is 0.580. The lowest BCUT2D eigenvalue weighted by Gasteiger charge is -2.05. The van der Waals surface area contributed by atoms with Gasteiger partial charge in [0.15, 0.2) is 0 Å². The molecule has 0 radical (unpaired) electrons. The summed E-state index contributed by atoms with van der Waals surface area (Å²) in [5.41, 5.74) is 3.26. The number of benzene rings is 1. The predicted octanol–water partition coefficient (Wildman–Crippen LogP) is 3.05. The van der Waals surface area contributed by atoms with Crippen LogP contribution in [0.5, 0.6) is 0 Å². The van der Waals surface area contributed by atoms with E-state index in [0.717, 1.165) is 11.2 Å². The Morgan fingerprint density at radius 1 is 0.944 bits per heavy atom. The SMILES string of the molecule is c1ccc(COCc2cccn3ccnc23)cc1. The monoisotopic (exact) mass is 238 g/mol. The highest BCUT2D eigenvalue weighted by molar-refractivity contribution is 5.46. The summed E-state index contributed by atoms with van der Waals surface area (Å²) in [5, 5.41) is 0. The summed E-state index contributed by atoms with van der Waals surface area (Å²) in [5.74, 6) is 0. The molecule has 1 aromatic carbocycles. The van der Waals surface area contributed by atoms with E-state index in [1.807, 2.05) is 47.1 Å². The zero-order valence-corrected chi connectivity index (χ0v) is 9.99. The molecule has 3 heteroatoms. The number of rotatable bonds is 4. The van der Waals surface area contributed by atoms with Crippen molar-refractivity contribution in [1.82, 2.24) is 9.38 Å². The van der Waals surface area contributed by atoms with Crippen molar-refractivity contribution in [3.63, 3.8) is 0 Å². The zero-order chi connectivity index (χ0) is 12.2. The van der Waals surface area contributed by atoms with E-state index in [1.54, 1.807) is 6.20 Å². The first kappa shape index (κ1) is 11.0. The van der Waals surface area contributed by atoms with Gasteiger partial charge in [-0.05, 0) is 11.6 Å². The lowest BCUT2D eigenvalue weighted by atomic mass is 10.2. The molecule has 18 heavy (non-hydrogen) atoms. The first-order chi connectivity index (χ1) is 8.93. The summed E-state index contributed by atoms with van der Waals surface area (Å²) in [6.45, 7) is 1.21. The van der Waals surface area contributed by atoms with Crippen molar-refractivity contribution < 1.29 is 4.74 Å². The van der Waals surface area contributed by atoms with Crippen LogP contribution >= 0.6 is 0 Å². The predicted molar refractivity (Wildman–Crippen MR) is 70.1 cm³/mol. The minimum absolute atomic E-state index is 0.580. The molecule has 0 bridgehead atoms. The second-order valence-electron chi connectivity index (χ2n) is 4.17. The highest BCUT2D eigenvalue weighted by Crippen LogP contribution is 2.11.